The number of nitrogens with zero attached hydrogens (tertiary/aromatic N) is 4. The van der Waals surface area contributed by atoms with Crippen LogP contribution in [0.5, 0.6) is 5.75 Å². The zero-order valence-electron chi connectivity index (χ0n) is 22.9. The highest BCUT2D eigenvalue weighted by atomic mass is 35.5. The lowest BCUT2D eigenvalue weighted by Gasteiger charge is -2.45. The van der Waals surface area contributed by atoms with Gasteiger partial charge >= 0.3 is 0 Å². The van der Waals surface area contributed by atoms with Crippen LogP contribution in [0, 0.1) is 18.2 Å². The van der Waals surface area contributed by atoms with E-state index in [0.29, 0.717) is 42.3 Å². The Kier molecular flexibility index (Phi) is 7.58. The van der Waals surface area contributed by atoms with Gasteiger partial charge in [0.25, 0.3) is 0 Å². The zero-order chi connectivity index (χ0) is 29.6. The van der Waals surface area contributed by atoms with Gasteiger partial charge in [-0.05, 0) is 50.6 Å². The first-order chi connectivity index (χ1) is 19.5. The number of aromatic nitrogens is 2. The number of piperazine rings is 1. The molecule has 2 aliphatic rings. The SMILES string of the molecule is C=CC(=O)N1CC(C)N2C(=N)c3c(Nc4c(C)ccnc4C(C)O)nc(-c4c(O)cccc4F)c(Cl)c3NCC2C1. The molecule has 3 aromatic rings. The first-order valence-electron chi connectivity index (χ1n) is 13.2. The quantitative estimate of drug-likeness (QED) is 0.277. The second-order valence-electron chi connectivity index (χ2n) is 10.3. The second-order valence-corrected chi connectivity index (χ2v) is 10.7. The van der Waals surface area contributed by atoms with Crippen molar-refractivity contribution in [2.75, 3.05) is 30.3 Å². The monoisotopic (exact) mass is 579 g/mol. The molecule has 1 fully saturated rings. The van der Waals surface area contributed by atoms with E-state index < -0.39 is 11.9 Å². The van der Waals surface area contributed by atoms with Crippen molar-refractivity contribution >= 4 is 40.5 Å². The highest BCUT2D eigenvalue weighted by Crippen LogP contribution is 2.45. The molecule has 2 aromatic heterocycles. The number of rotatable bonds is 5. The van der Waals surface area contributed by atoms with Crippen LogP contribution in [0.2, 0.25) is 5.02 Å². The van der Waals surface area contributed by atoms with E-state index in [9.17, 15) is 20.4 Å². The van der Waals surface area contributed by atoms with Crippen LogP contribution in [-0.2, 0) is 4.79 Å². The molecule has 3 atom stereocenters. The van der Waals surface area contributed by atoms with E-state index >= 15 is 4.39 Å². The Bertz CT molecular complexity index is 1540. The average Bonchev–Trinajstić information content (AvgIpc) is 3.08. The van der Waals surface area contributed by atoms with Gasteiger partial charge in [-0.3, -0.25) is 15.2 Å². The Labute approximate surface area is 242 Å². The van der Waals surface area contributed by atoms with Crippen LogP contribution in [0.15, 0.2) is 43.1 Å². The Hall–Kier alpha value is -4.22. The van der Waals surface area contributed by atoms with E-state index in [1.807, 2.05) is 18.7 Å². The molecule has 4 heterocycles. The third-order valence-corrected chi connectivity index (χ3v) is 7.84. The molecule has 1 aromatic carbocycles. The molecule has 2 aliphatic heterocycles. The van der Waals surface area contributed by atoms with Gasteiger partial charge in [-0.15, -0.1) is 0 Å². The van der Waals surface area contributed by atoms with Crippen LogP contribution in [0.25, 0.3) is 11.3 Å². The maximum Gasteiger partial charge on any atom is 0.246 e. The fraction of sp³-hybridized carbons (Fsp3) is 0.310. The fourth-order valence-corrected chi connectivity index (χ4v) is 5.85. The summed E-state index contributed by atoms with van der Waals surface area (Å²) in [5, 5.41) is 37.0. The number of phenolic OH excluding ortho intramolecular Hbond substituents is 1. The van der Waals surface area contributed by atoms with Gasteiger partial charge in [0.15, 0.2) is 0 Å². The molecule has 5 N–H and O–H groups in total. The van der Waals surface area contributed by atoms with Crippen molar-refractivity contribution in [1.29, 1.82) is 5.41 Å². The highest BCUT2D eigenvalue weighted by molar-refractivity contribution is 6.37. The Balaban J connectivity index is 1.73. The Morgan fingerprint density at radius 2 is 2.10 bits per heavy atom. The minimum Gasteiger partial charge on any atom is -0.507 e. The van der Waals surface area contributed by atoms with Crippen molar-refractivity contribution in [3.8, 4) is 17.0 Å². The summed E-state index contributed by atoms with van der Waals surface area (Å²) in [7, 11) is 0. The van der Waals surface area contributed by atoms with Gasteiger partial charge in [0, 0.05) is 31.9 Å². The lowest BCUT2D eigenvalue weighted by Crippen LogP contribution is -2.61. The number of carbonyl (C=O) groups is 1. The van der Waals surface area contributed by atoms with Gasteiger partial charge in [-0.1, -0.05) is 24.2 Å². The van der Waals surface area contributed by atoms with Crippen LogP contribution in [0.4, 0.5) is 21.6 Å². The summed E-state index contributed by atoms with van der Waals surface area (Å²) < 4.78 is 15.1. The van der Waals surface area contributed by atoms with Crippen LogP contribution in [0.3, 0.4) is 0 Å². The second kappa shape index (κ2) is 11.0. The topological polar surface area (TPSA) is 138 Å². The number of fused-ring (bicyclic) bond motifs is 2. The number of nitrogens with one attached hydrogen (secondary N) is 3. The number of benzene rings is 1. The maximum atomic E-state index is 15.1. The van der Waals surface area contributed by atoms with Gasteiger partial charge in [0.05, 0.1) is 45.4 Å². The number of phenols is 1. The number of pyridine rings is 2. The molecule has 3 unspecified atom stereocenters. The van der Waals surface area contributed by atoms with Crippen molar-refractivity contribution in [3.63, 3.8) is 0 Å². The standard InChI is InChI=1S/C29H31ClFN7O3/c1-5-20(41)37-12-15(3)38-17(13-37)11-34-26-22(28(38)32)29(35-24-14(2)9-10-33-25(24)16(4)39)36-27(23(26)30)21-18(31)7-6-8-19(21)40/h5-10,15-17,32,34,39-40H,1,11-13H2,2-4H3,(H,35,36). The summed E-state index contributed by atoms with van der Waals surface area (Å²) in [5.41, 5.74) is 2.04. The van der Waals surface area contributed by atoms with E-state index in [4.69, 9.17) is 11.6 Å². The van der Waals surface area contributed by atoms with E-state index in [0.717, 1.165) is 5.56 Å². The van der Waals surface area contributed by atoms with Gasteiger partial charge in [0.2, 0.25) is 5.91 Å². The summed E-state index contributed by atoms with van der Waals surface area (Å²) in [5.74, 6) is -0.992. The van der Waals surface area contributed by atoms with Crippen LogP contribution >= 0.6 is 11.6 Å². The van der Waals surface area contributed by atoms with E-state index in [1.165, 1.54) is 24.3 Å². The fourth-order valence-electron chi connectivity index (χ4n) is 5.55. The molecule has 10 nitrogen and oxygen atoms in total. The van der Waals surface area contributed by atoms with Crippen LogP contribution in [-0.4, -0.2) is 73.4 Å². The number of amides is 1. The average molecular weight is 580 g/mol. The van der Waals surface area contributed by atoms with Crippen molar-refractivity contribution < 1.29 is 19.4 Å². The maximum absolute atomic E-state index is 15.1. The normalized spacial score (nSPS) is 19.0. The summed E-state index contributed by atoms with van der Waals surface area (Å²) in [6, 6.07) is 5.17. The molecule has 12 heteroatoms. The van der Waals surface area contributed by atoms with Gasteiger partial charge in [-0.2, -0.15) is 0 Å². The number of hydrogen-bond donors (Lipinski definition) is 5. The van der Waals surface area contributed by atoms with E-state index in [-0.39, 0.29) is 51.7 Å². The van der Waals surface area contributed by atoms with Crippen molar-refractivity contribution in [2.45, 2.75) is 39.0 Å². The largest absolute Gasteiger partial charge is 0.507 e. The molecule has 0 aliphatic carbocycles. The molecule has 0 bridgehead atoms. The smallest absolute Gasteiger partial charge is 0.246 e. The lowest BCUT2D eigenvalue weighted by molar-refractivity contribution is -0.129. The number of aliphatic hydroxyl groups is 1. The van der Waals surface area contributed by atoms with Crippen molar-refractivity contribution in [1.82, 2.24) is 19.8 Å². The van der Waals surface area contributed by atoms with Crippen LogP contribution < -0.4 is 10.6 Å². The molecule has 0 radical (unpaired) electrons. The molecule has 214 valence electrons. The predicted molar refractivity (Wildman–Crippen MR) is 156 cm³/mol. The van der Waals surface area contributed by atoms with E-state index in [2.05, 4.69) is 27.2 Å². The highest BCUT2D eigenvalue weighted by Gasteiger charge is 2.40. The zero-order valence-corrected chi connectivity index (χ0v) is 23.6. The summed E-state index contributed by atoms with van der Waals surface area (Å²) in [6.45, 7) is 10.0. The van der Waals surface area contributed by atoms with Gasteiger partial charge in [0.1, 0.15) is 28.9 Å². The number of anilines is 3. The van der Waals surface area contributed by atoms with Crippen molar-refractivity contribution in [2.24, 2.45) is 0 Å². The number of carbonyl (C=O) groups excluding carboxylic acids is 1. The first kappa shape index (κ1) is 28.3. The summed E-state index contributed by atoms with van der Waals surface area (Å²) >= 11 is 6.89. The first-order valence-corrected chi connectivity index (χ1v) is 13.6. The van der Waals surface area contributed by atoms with Gasteiger partial charge < -0.3 is 30.6 Å². The lowest BCUT2D eigenvalue weighted by atomic mass is 10.0. The number of amidine groups is 1. The Morgan fingerprint density at radius 1 is 1.34 bits per heavy atom. The summed E-state index contributed by atoms with van der Waals surface area (Å²) in [4.78, 5) is 25.1. The summed E-state index contributed by atoms with van der Waals surface area (Å²) in [6.07, 6.45) is 1.94. The molecule has 41 heavy (non-hydrogen) atoms. The minimum absolute atomic E-state index is 0.0275. The van der Waals surface area contributed by atoms with Crippen molar-refractivity contribution in [3.05, 3.63) is 70.8 Å². The molecular formula is C29H31ClFN7O3. The number of aryl methyl sites for hydroxylation is 1. The number of aliphatic hydroxyl groups excluding tert-OH is 1. The minimum atomic E-state index is -0.921. The molecule has 0 saturated carbocycles. The number of halogens is 2. The third kappa shape index (κ3) is 4.95. The molecule has 0 spiro atoms. The number of hydrogen-bond acceptors (Lipinski definition) is 8. The molecule has 1 saturated heterocycles. The van der Waals surface area contributed by atoms with Gasteiger partial charge in [-0.25, -0.2) is 9.37 Å². The molecular weight excluding hydrogens is 549 g/mol. The molecule has 1 amide bonds. The Morgan fingerprint density at radius 3 is 2.78 bits per heavy atom. The predicted octanol–water partition coefficient (Wildman–Crippen LogP) is 4.59. The van der Waals surface area contributed by atoms with E-state index in [1.54, 1.807) is 24.1 Å². The molecule has 5 rings (SSSR count). The third-order valence-electron chi connectivity index (χ3n) is 7.47. The number of aromatic hydroxyl groups is 1. The van der Waals surface area contributed by atoms with Crippen LogP contribution in [0.1, 0.15) is 36.8 Å².